The fourth-order valence-electron chi connectivity index (χ4n) is 0.249. The van der Waals surface area contributed by atoms with Crippen molar-refractivity contribution in [3.05, 3.63) is 0 Å². The molecule has 0 aliphatic carbocycles. The third-order valence-corrected chi connectivity index (χ3v) is 0.714. The van der Waals surface area contributed by atoms with Crippen molar-refractivity contribution < 1.29 is 9.59 Å². The summed E-state index contributed by atoms with van der Waals surface area (Å²) in [6, 6.07) is 0. The molecule has 3 heteroatoms. The predicted octanol–water partition coefficient (Wildman–Crippen LogP) is 0.174. The van der Waals surface area contributed by atoms with Gasteiger partial charge < -0.3 is 0 Å². The van der Waals surface area contributed by atoms with Gasteiger partial charge in [0.2, 0.25) is 0 Å². The molecule has 0 bridgehead atoms. The molecule has 4 radical (unpaired) electrons. The van der Waals surface area contributed by atoms with Gasteiger partial charge in [0.25, 0.3) is 0 Å². The smallest absolute Gasteiger partial charge is 0.197 e. The fourth-order valence-corrected chi connectivity index (χ4v) is 0.249. The van der Waals surface area contributed by atoms with Crippen molar-refractivity contribution in [1.29, 1.82) is 0 Å². The molecular formula is C5H8GeO2. The molecule has 0 heterocycles. The summed E-state index contributed by atoms with van der Waals surface area (Å²) in [6.07, 6.45) is 0.329. The Morgan fingerprint density at radius 3 is 1.75 bits per heavy atom. The van der Waals surface area contributed by atoms with E-state index < -0.39 is 0 Å². The molecule has 8 heavy (non-hydrogen) atoms. The molecule has 0 unspecified atom stereocenters. The van der Waals surface area contributed by atoms with E-state index in [0.717, 1.165) is 0 Å². The predicted molar refractivity (Wildman–Crippen MR) is 31.7 cm³/mol. The number of carbonyl (C=O) groups is 2. The van der Waals surface area contributed by atoms with Gasteiger partial charge in [-0.25, -0.2) is 0 Å². The molecule has 2 nitrogen and oxygen atoms in total. The van der Waals surface area contributed by atoms with E-state index in [9.17, 15) is 9.59 Å². The molecule has 0 aliphatic rings. The number of ketones is 2. The summed E-state index contributed by atoms with van der Waals surface area (Å²) < 4.78 is 0. The topological polar surface area (TPSA) is 34.1 Å². The monoisotopic (exact) mass is 174 g/mol. The molecule has 0 amide bonds. The van der Waals surface area contributed by atoms with Gasteiger partial charge >= 0.3 is 0 Å². The molecule has 44 valence electrons. The van der Waals surface area contributed by atoms with E-state index in [2.05, 4.69) is 0 Å². The van der Waals surface area contributed by atoms with Gasteiger partial charge in [0, 0.05) is 30.9 Å². The summed E-state index contributed by atoms with van der Waals surface area (Å²) in [5, 5.41) is 0. The van der Waals surface area contributed by atoms with Crippen LogP contribution in [0.1, 0.15) is 20.3 Å². The van der Waals surface area contributed by atoms with Gasteiger partial charge in [-0.1, -0.05) is 6.92 Å². The second kappa shape index (κ2) is 5.03. The van der Waals surface area contributed by atoms with Gasteiger partial charge in [-0.3, -0.25) is 9.59 Å². The first-order chi connectivity index (χ1) is 3.18. The normalized spacial score (nSPS) is 7.25. The van der Waals surface area contributed by atoms with Crippen LogP contribution in [0.15, 0.2) is 0 Å². The van der Waals surface area contributed by atoms with E-state index >= 15 is 0 Å². The molecule has 0 aliphatic heterocycles. The van der Waals surface area contributed by atoms with Gasteiger partial charge in [-0.15, -0.1) is 0 Å². The van der Waals surface area contributed by atoms with Crippen LogP contribution in [0, 0.1) is 0 Å². The van der Waals surface area contributed by atoms with Gasteiger partial charge in [0.05, 0.1) is 0 Å². The minimum Gasteiger partial charge on any atom is -0.291 e. The second-order valence-electron chi connectivity index (χ2n) is 1.33. The average Bonchev–Trinajstić information content (AvgIpc) is 1.65. The zero-order chi connectivity index (χ0) is 5.86. The van der Waals surface area contributed by atoms with E-state index in [1.807, 2.05) is 0 Å². The fraction of sp³-hybridized carbons (Fsp3) is 0.600. The summed E-state index contributed by atoms with van der Waals surface area (Å²) in [6.45, 7) is 2.95. The number of carbonyl (C=O) groups excluding carboxylic acids is 2. The Balaban J connectivity index is 0. The Morgan fingerprint density at radius 2 is 1.75 bits per heavy atom. The molecule has 0 aromatic heterocycles. The molecule has 0 N–H and O–H groups in total. The van der Waals surface area contributed by atoms with Gasteiger partial charge in [0.1, 0.15) is 0 Å². The van der Waals surface area contributed by atoms with Crippen LogP contribution < -0.4 is 0 Å². The van der Waals surface area contributed by atoms with E-state index in [4.69, 9.17) is 0 Å². The molecule has 0 fully saturated rings. The van der Waals surface area contributed by atoms with Crippen LogP contribution in [0.3, 0.4) is 0 Å². The summed E-state index contributed by atoms with van der Waals surface area (Å²) in [5.41, 5.74) is 0. The van der Waals surface area contributed by atoms with Gasteiger partial charge in [-0.2, -0.15) is 0 Å². The molecule has 0 aromatic carbocycles. The molecule has 0 aromatic rings. The minimum absolute atomic E-state index is 0. The van der Waals surface area contributed by atoms with Gasteiger partial charge in [-0.05, 0) is 0 Å². The van der Waals surface area contributed by atoms with Gasteiger partial charge in [0.15, 0.2) is 11.6 Å². The Labute approximate surface area is 59.6 Å². The maximum atomic E-state index is 10.2. The summed E-state index contributed by atoms with van der Waals surface area (Å²) in [7, 11) is 0. The Morgan fingerprint density at radius 1 is 1.38 bits per heavy atom. The van der Waals surface area contributed by atoms with E-state index in [1.54, 1.807) is 6.92 Å². The van der Waals surface area contributed by atoms with E-state index in [-0.39, 0.29) is 29.2 Å². The number of Topliss-reactive ketones (excluding diaryl/α,β-unsaturated/α-hetero) is 2. The van der Waals surface area contributed by atoms with Crippen molar-refractivity contribution >= 4 is 29.2 Å². The Kier molecular flexibility index (Phi) is 6.78. The summed E-state index contributed by atoms with van der Waals surface area (Å²) in [5.74, 6) is -0.637. The van der Waals surface area contributed by atoms with Crippen LogP contribution in [0.2, 0.25) is 0 Å². The van der Waals surface area contributed by atoms with Crippen LogP contribution in [0.25, 0.3) is 0 Å². The maximum Gasteiger partial charge on any atom is 0.197 e. The maximum absolute atomic E-state index is 10.2. The average molecular weight is 173 g/mol. The van der Waals surface area contributed by atoms with E-state index in [0.29, 0.717) is 6.42 Å². The molecule has 0 saturated carbocycles. The quantitative estimate of drug-likeness (QED) is 0.440. The molecule has 0 atom stereocenters. The number of hydrogen-bond acceptors (Lipinski definition) is 2. The zero-order valence-electron chi connectivity index (χ0n) is 5.02. The second-order valence-corrected chi connectivity index (χ2v) is 1.33. The largest absolute Gasteiger partial charge is 0.291 e. The number of rotatable bonds is 2. The third-order valence-electron chi connectivity index (χ3n) is 0.714. The Bertz CT molecular complexity index is 98.6. The first kappa shape index (κ1) is 10.8. The first-order valence-electron chi connectivity index (χ1n) is 2.22. The zero-order valence-corrected chi connectivity index (χ0v) is 7.12. The SMILES string of the molecule is CCC(=O)C(C)=O.[Ge]. The van der Waals surface area contributed by atoms with Crippen molar-refractivity contribution in [3.63, 3.8) is 0 Å². The van der Waals surface area contributed by atoms with Crippen molar-refractivity contribution in [2.24, 2.45) is 0 Å². The van der Waals surface area contributed by atoms with Crippen molar-refractivity contribution in [2.75, 3.05) is 0 Å². The standard InChI is InChI=1S/C5H8O2.Ge/c1-3-5(7)4(2)6;/h3H2,1-2H3;. The van der Waals surface area contributed by atoms with Crippen molar-refractivity contribution in [1.82, 2.24) is 0 Å². The van der Waals surface area contributed by atoms with E-state index in [1.165, 1.54) is 6.92 Å². The molecule has 0 saturated heterocycles. The summed E-state index contributed by atoms with van der Waals surface area (Å²) in [4.78, 5) is 20.2. The molecule has 0 rings (SSSR count). The third kappa shape index (κ3) is 4.05. The van der Waals surface area contributed by atoms with Crippen LogP contribution in [-0.4, -0.2) is 29.2 Å². The first-order valence-corrected chi connectivity index (χ1v) is 2.22. The van der Waals surface area contributed by atoms with Crippen LogP contribution >= 0.6 is 0 Å². The van der Waals surface area contributed by atoms with Crippen LogP contribution in [0.4, 0.5) is 0 Å². The minimum atomic E-state index is -0.345. The van der Waals surface area contributed by atoms with Crippen LogP contribution in [-0.2, 0) is 9.59 Å². The van der Waals surface area contributed by atoms with Crippen LogP contribution in [0.5, 0.6) is 0 Å². The number of hydrogen-bond donors (Lipinski definition) is 0. The molecule has 0 spiro atoms. The van der Waals surface area contributed by atoms with Crippen molar-refractivity contribution in [2.45, 2.75) is 20.3 Å². The Hall–Kier alpha value is -0.117. The summed E-state index contributed by atoms with van der Waals surface area (Å²) >= 11 is 0. The molecular weight excluding hydrogens is 165 g/mol. The van der Waals surface area contributed by atoms with Crippen molar-refractivity contribution in [3.8, 4) is 0 Å².